The molecule has 1 aliphatic heterocycles. The number of carbonyl (C=O) groups is 1. The molecule has 2 atom stereocenters. The van der Waals surface area contributed by atoms with Gasteiger partial charge in [0.15, 0.2) is 0 Å². The third-order valence-electron chi connectivity index (χ3n) is 4.32. The Bertz CT molecular complexity index is 754. The number of alkyl halides is 3. The van der Waals surface area contributed by atoms with Crippen LogP contribution in [0.4, 0.5) is 13.2 Å². The number of β-amino-alcohol motifs (C(OH)–C–C–N with tert-alkyl or cyclic N) is 1. The number of likely N-dealkylation sites (tertiary alicyclic amines) is 1. The number of carbonyl (C=O) groups excluding carboxylic acids is 1. The summed E-state index contributed by atoms with van der Waals surface area (Å²) in [6.07, 6.45) is -3.35. The van der Waals surface area contributed by atoms with Crippen molar-refractivity contribution < 1.29 is 23.1 Å². The zero-order valence-corrected chi connectivity index (χ0v) is 13.0. The van der Waals surface area contributed by atoms with E-state index in [9.17, 15) is 23.1 Å². The summed E-state index contributed by atoms with van der Waals surface area (Å²) in [5.41, 5.74) is 0.764. The second kappa shape index (κ2) is 5.98. The molecule has 7 heteroatoms. The van der Waals surface area contributed by atoms with Crippen LogP contribution in [0.5, 0.6) is 0 Å². The fraction of sp³-hybridized carbons (Fsp3) is 0.353. The minimum absolute atomic E-state index is 0.102. The minimum atomic E-state index is -4.45. The largest absolute Gasteiger partial charge is 0.416 e. The lowest BCUT2D eigenvalue weighted by Gasteiger charge is -2.25. The van der Waals surface area contributed by atoms with E-state index in [1.807, 2.05) is 0 Å². The van der Waals surface area contributed by atoms with Gasteiger partial charge < -0.3 is 15.0 Å². The summed E-state index contributed by atoms with van der Waals surface area (Å²) in [5.74, 6) is -0.298. The van der Waals surface area contributed by atoms with Crippen LogP contribution in [0.25, 0.3) is 0 Å². The molecule has 1 amide bonds. The maximum absolute atomic E-state index is 12.9. The molecule has 1 aliphatic rings. The van der Waals surface area contributed by atoms with Crippen molar-refractivity contribution in [3.8, 4) is 0 Å². The van der Waals surface area contributed by atoms with Gasteiger partial charge in [-0.15, -0.1) is 0 Å². The number of benzene rings is 1. The SMILES string of the molecule is Cc1[nH]ccc1C(=O)N1C[C@H](O)C[C@@H]1c1cccc(C(F)(F)F)c1. The highest BCUT2D eigenvalue weighted by atomic mass is 19.4. The highest BCUT2D eigenvalue weighted by Gasteiger charge is 2.38. The van der Waals surface area contributed by atoms with Gasteiger partial charge in [-0.05, 0) is 37.1 Å². The molecule has 2 heterocycles. The molecular formula is C17H17F3N2O2. The van der Waals surface area contributed by atoms with Crippen LogP contribution in [0.2, 0.25) is 0 Å². The first-order valence-electron chi connectivity index (χ1n) is 7.57. The lowest BCUT2D eigenvalue weighted by Crippen LogP contribution is -2.32. The van der Waals surface area contributed by atoms with Gasteiger partial charge in [-0.2, -0.15) is 13.2 Å². The number of aryl methyl sites for hydroxylation is 1. The molecule has 0 saturated carbocycles. The summed E-state index contributed by atoms with van der Waals surface area (Å²) in [6.45, 7) is 1.85. The van der Waals surface area contributed by atoms with E-state index < -0.39 is 23.9 Å². The Balaban J connectivity index is 1.94. The van der Waals surface area contributed by atoms with Gasteiger partial charge in [-0.1, -0.05) is 12.1 Å². The number of rotatable bonds is 2. The normalized spacial score (nSPS) is 21.3. The van der Waals surface area contributed by atoms with Gasteiger partial charge in [0.2, 0.25) is 0 Å². The molecule has 1 saturated heterocycles. The maximum atomic E-state index is 12.9. The number of hydrogen-bond donors (Lipinski definition) is 2. The maximum Gasteiger partial charge on any atom is 0.416 e. The van der Waals surface area contributed by atoms with Crippen LogP contribution in [-0.2, 0) is 6.18 Å². The van der Waals surface area contributed by atoms with Crippen LogP contribution < -0.4 is 0 Å². The number of aliphatic hydroxyl groups excluding tert-OH is 1. The number of nitrogens with one attached hydrogen (secondary N) is 1. The Morgan fingerprint density at radius 2 is 2.08 bits per heavy atom. The lowest BCUT2D eigenvalue weighted by molar-refractivity contribution is -0.137. The average Bonchev–Trinajstić information content (AvgIpc) is 3.12. The summed E-state index contributed by atoms with van der Waals surface area (Å²) >= 11 is 0. The first-order chi connectivity index (χ1) is 11.3. The highest BCUT2D eigenvalue weighted by molar-refractivity contribution is 5.95. The van der Waals surface area contributed by atoms with Crippen LogP contribution in [0.15, 0.2) is 36.5 Å². The van der Waals surface area contributed by atoms with E-state index in [0.29, 0.717) is 16.8 Å². The quantitative estimate of drug-likeness (QED) is 0.883. The van der Waals surface area contributed by atoms with Gasteiger partial charge in [0.25, 0.3) is 5.91 Å². The molecular weight excluding hydrogens is 321 g/mol. The van der Waals surface area contributed by atoms with Crippen molar-refractivity contribution in [1.82, 2.24) is 9.88 Å². The van der Waals surface area contributed by atoms with Crippen molar-refractivity contribution in [3.63, 3.8) is 0 Å². The fourth-order valence-electron chi connectivity index (χ4n) is 3.12. The number of aromatic amines is 1. The monoisotopic (exact) mass is 338 g/mol. The topological polar surface area (TPSA) is 56.3 Å². The standard InChI is InChI=1S/C17H17F3N2O2/c1-10-14(5-6-21-10)16(24)22-9-13(23)8-15(22)11-3-2-4-12(7-11)17(18,19)20/h2-7,13,15,21,23H,8-9H2,1H3/t13-,15-/m1/s1. The number of aromatic nitrogens is 1. The zero-order valence-electron chi connectivity index (χ0n) is 13.0. The molecule has 24 heavy (non-hydrogen) atoms. The van der Waals surface area contributed by atoms with Gasteiger partial charge in [0.1, 0.15) is 0 Å². The Morgan fingerprint density at radius 1 is 1.33 bits per heavy atom. The third kappa shape index (κ3) is 3.03. The van der Waals surface area contributed by atoms with Crippen molar-refractivity contribution >= 4 is 5.91 Å². The predicted octanol–water partition coefficient (Wildman–Crippen LogP) is 3.29. The zero-order chi connectivity index (χ0) is 17.5. The van der Waals surface area contributed by atoms with E-state index in [-0.39, 0.29) is 18.9 Å². The molecule has 1 aromatic heterocycles. The van der Waals surface area contributed by atoms with Crippen molar-refractivity contribution in [3.05, 3.63) is 58.9 Å². The van der Waals surface area contributed by atoms with Crippen LogP contribution in [-0.4, -0.2) is 33.5 Å². The minimum Gasteiger partial charge on any atom is -0.391 e. The molecule has 4 nitrogen and oxygen atoms in total. The lowest BCUT2D eigenvalue weighted by atomic mass is 10.0. The van der Waals surface area contributed by atoms with Crippen molar-refractivity contribution in [2.45, 2.75) is 31.7 Å². The Labute approximate surface area is 136 Å². The van der Waals surface area contributed by atoms with E-state index in [2.05, 4.69) is 4.98 Å². The number of H-pyrrole nitrogens is 1. The van der Waals surface area contributed by atoms with E-state index in [4.69, 9.17) is 0 Å². The summed E-state index contributed by atoms with van der Waals surface area (Å²) in [6, 6.07) is 5.98. The molecule has 1 aromatic carbocycles. The van der Waals surface area contributed by atoms with E-state index in [0.717, 1.165) is 12.1 Å². The molecule has 2 N–H and O–H groups in total. The molecule has 0 radical (unpaired) electrons. The second-order valence-electron chi connectivity index (χ2n) is 6.00. The summed E-state index contributed by atoms with van der Waals surface area (Å²) in [4.78, 5) is 17.1. The van der Waals surface area contributed by atoms with Gasteiger partial charge in [-0.25, -0.2) is 0 Å². The smallest absolute Gasteiger partial charge is 0.391 e. The first-order valence-corrected chi connectivity index (χ1v) is 7.57. The summed E-state index contributed by atoms with van der Waals surface area (Å²) in [7, 11) is 0. The number of hydrogen-bond acceptors (Lipinski definition) is 2. The van der Waals surface area contributed by atoms with Crippen molar-refractivity contribution in [2.75, 3.05) is 6.54 Å². The Hall–Kier alpha value is -2.28. The number of nitrogens with zero attached hydrogens (tertiary/aromatic N) is 1. The summed E-state index contributed by atoms with van der Waals surface area (Å²) < 4.78 is 38.8. The van der Waals surface area contributed by atoms with Gasteiger partial charge in [0, 0.05) is 18.4 Å². The first kappa shape index (κ1) is 16.6. The van der Waals surface area contributed by atoms with Gasteiger partial charge in [-0.3, -0.25) is 4.79 Å². The molecule has 2 aromatic rings. The number of amides is 1. The fourth-order valence-corrected chi connectivity index (χ4v) is 3.12. The molecule has 0 bridgehead atoms. The highest BCUT2D eigenvalue weighted by Crippen LogP contribution is 2.37. The summed E-state index contributed by atoms with van der Waals surface area (Å²) in [5, 5.41) is 9.95. The average molecular weight is 338 g/mol. The van der Waals surface area contributed by atoms with Crippen molar-refractivity contribution in [2.24, 2.45) is 0 Å². The Kier molecular flexibility index (Phi) is 4.13. The third-order valence-corrected chi connectivity index (χ3v) is 4.32. The second-order valence-corrected chi connectivity index (χ2v) is 6.00. The molecule has 0 spiro atoms. The number of halogens is 3. The number of aliphatic hydroxyl groups is 1. The Morgan fingerprint density at radius 3 is 2.71 bits per heavy atom. The van der Waals surface area contributed by atoms with Crippen molar-refractivity contribution in [1.29, 1.82) is 0 Å². The van der Waals surface area contributed by atoms with E-state index in [1.54, 1.807) is 25.3 Å². The molecule has 0 unspecified atom stereocenters. The predicted molar refractivity (Wildman–Crippen MR) is 81.4 cm³/mol. The van der Waals surface area contributed by atoms with Gasteiger partial charge >= 0.3 is 6.18 Å². The van der Waals surface area contributed by atoms with E-state index >= 15 is 0 Å². The van der Waals surface area contributed by atoms with E-state index in [1.165, 1.54) is 11.0 Å². The van der Waals surface area contributed by atoms with Crippen LogP contribution in [0.3, 0.4) is 0 Å². The van der Waals surface area contributed by atoms with Gasteiger partial charge in [0.05, 0.1) is 23.3 Å². The van der Waals surface area contributed by atoms with Crippen LogP contribution >= 0.6 is 0 Å². The molecule has 1 fully saturated rings. The molecule has 0 aliphatic carbocycles. The molecule has 128 valence electrons. The molecule has 3 rings (SSSR count). The van der Waals surface area contributed by atoms with Crippen LogP contribution in [0.1, 0.15) is 39.6 Å². The van der Waals surface area contributed by atoms with Crippen LogP contribution in [0, 0.1) is 6.92 Å².